The van der Waals surface area contributed by atoms with E-state index in [9.17, 15) is 4.79 Å². The Kier molecular flexibility index (Phi) is 5.87. The van der Waals surface area contributed by atoms with Gasteiger partial charge < -0.3 is 14.6 Å². The number of imidazole rings is 1. The third-order valence-corrected chi connectivity index (χ3v) is 7.02. The first-order chi connectivity index (χ1) is 15.7. The first-order valence-electron chi connectivity index (χ1n) is 11.8. The largest absolute Gasteiger partial charge is 0.497 e. The van der Waals surface area contributed by atoms with E-state index in [-0.39, 0.29) is 18.0 Å². The molecule has 32 heavy (non-hydrogen) atoms. The molecule has 0 spiro atoms. The van der Waals surface area contributed by atoms with Crippen LogP contribution >= 0.6 is 0 Å². The van der Waals surface area contributed by atoms with E-state index in [0.29, 0.717) is 12.5 Å². The zero-order valence-electron chi connectivity index (χ0n) is 19.0. The summed E-state index contributed by atoms with van der Waals surface area (Å²) in [6.45, 7) is 3.95. The molecule has 5 rings (SSSR count). The SMILES string of the molecule is CCCn1c(CN2[C@@H](c3ccc(OC)cc3)C[C@@H]3NC(=O)CCC[C@H]32)nc2ccccc21. The summed E-state index contributed by atoms with van der Waals surface area (Å²) < 4.78 is 7.75. The molecule has 1 N–H and O–H groups in total. The number of ether oxygens (including phenoxy) is 1. The van der Waals surface area contributed by atoms with Gasteiger partial charge in [0.15, 0.2) is 0 Å². The van der Waals surface area contributed by atoms with Crippen molar-refractivity contribution >= 4 is 16.9 Å². The number of carbonyl (C=O) groups is 1. The van der Waals surface area contributed by atoms with Gasteiger partial charge in [0.25, 0.3) is 0 Å². The number of nitrogens with one attached hydrogen (secondary N) is 1. The number of likely N-dealkylation sites (tertiary alicyclic amines) is 1. The van der Waals surface area contributed by atoms with Crippen molar-refractivity contribution in [3.05, 3.63) is 59.9 Å². The minimum Gasteiger partial charge on any atom is -0.497 e. The van der Waals surface area contributed by atoms with Crippen LogP contribution in [-0.4, -0.2) is 39.6 Å². The number of fused-ring (bicyclic) bond motifs is 2. The summed E-state index contributed by atoms with van der Waals surface area (Å²) in [6.07, 6.45) is 4.59. The van der Waals surface area contributed by atoms with Crippen molar-refractivity contribution in [3.63, 3.8) is 0 Å². The van der Waals surface area contributed by atoms with Gasteiger partial charge in [-0.1, -0.05) is 31.2 Å². The van der Waals surface area contributed by atoms with Gasteiger partial charge in [-0.2, -0.15) is 0 Å². The van der Waals surface area contributed by atoms with Gasteiger partial charge in [0.2, 0.25) is 5.91 Å². The summed E-state index contributed by atoms with van der Waals surface area (Å²) >= 11 is 0. The molecular weight excluding hydrogens is 400 g/mol. The summed E-state index contributed by atoms with van der Waals surface area (Å²) in [7, 11) is 1.70. The van der Waals surface area contributed by atoms with Crippen LogP contribution in [0.3, 0.4) is 0 Å². The topological polar surface area (TPSA) is 59.4 Å². The number of hydrogen-bond donors (Lipinski definition) is 1. The number of rotatable bonds is 6. The minimum absolute atomic E-state index is 0.182. The number of benzene rings is 2. The highest BCUT2D eigenvalue weighted by Crippen LogP contribution is 2.41. The fourth-order valence-corrected chi connectivity index (χ4v) is 5.53. The molecule has 2 aliphatic rings. The molecule has 6 heteroatoms. The van der Waals surface area contributed by atoms with Crippen LogP contribution in [0.2, 0.25) is 0 Å². The van der Waals surface area contributed by atoms with Crippen LogP contribution in [0.5, 0.6) is 5.75 Å². The lowest BCUT2D eigenvalue weighted by molar-refractivity contribution is -0.121. The predicted octanol–water partition coefficient (Wildman–Crippen LogP) is 4.44. The smallest absolute Gasteiger partial charge is 0.220 e. The monoisotopic (exact) mass is 432 g/mol. The number of carbonyl (C=O) groups excluding carboxylic acids is 1. The average Bonchev–Trinajstić information content (AvgIpc) is 3.25. The molecule has 1 amide bonds. The summed E-state index contributed by atoms with van der Waals surface area (Å²) in [5, 5.41) is 3.31. The average molecular weight is 433 g/mol. The van der Waals surface area contributed by atoms with Gasteiger partial charge >= 0.3 is 0 Å². The number of para-hydroxylation sites is 2. The second-order valence-corrected chi connectivity index (χ2v) is 9.00. The van der Waals surface area contributed by atoms with Crippen LogP contribution in [0.25, 0.3) is 11.0 Å². The van der Waals surface area contributed by atoms with Gasteiger partial charge in [-0.25, -0.2) is 4.98 Å². The van der Waals surface area contributed by atoms with E-state index in [1.807, 2.05) is 12.1 Å². The number of aryl methyl sites for hydroxylation is 1. The molecule has 2 aliphatic heterocycles. The van der Waals surface area contributed by atoms with Crippen LogP contribution in [0, 0.1) is 0 Å². The maximum Gasteiger partial charge on any atom is 0.220 e. The molecule has 0 unspecified atom stereocenters. The normalized spacial score (nSPS) is 23.7. The van der Waals surface area contributed by atoms with Gasteiger partial charge in [0.05, 0.1) is 24.7 Å². The van der Waals surface area contributed by atoms with E-state index in [1.54, 1.807) is 7.11 Å². The van der Waals surface area contributed by atoms with E-state index < -0.39 is 0 Å². The molecule has 2 aromatic carbocycles. The molecule has 1 aromatic heterocycles. The molecule has 3 aromatic rings. The highest BCUT2D eigenvalue weighted by Gasteiger charge is 2.43. The highest BCUT2D eigenvalue weighted by atomic mass is 16.5. The van der Waals surface area contributed by atoms with Crippen LogP contribution in [0.15, 0.2) is 48.5 Å². The molecule has 0 bridgehead atoms. The first-order valence-corrected chi connectivity index (χ1v) is 11.8. The molecule has 2 fully saturated rings. The van der Waals surface area contributed by atoms with E-state index in [4.69, 9.17) is 9.72 Å². The van der Waals surface area contributed by atoms with Gasteiger partial charge in [0.1, 0.15) is 11.6 Å². The van der Waals surface area contributed by atoms with Gasteiger partial charge in [-0.05, 0) is 55.5 Å². The lowest BCUT2D eigenvalue weighted by Crippen LogP contribution is -2.42. The molecular formula is C26H32N4O2. The zero-order valence-corrected chi connectivity index (χ0v) is 19.0. The fraction of sp³-hybridized carbons (Fsp3) is 0.462. The Labute approximate surface area is 189 Å². The van der Waals surface area contributed by atoms with Crippen LogP contribution in [-0.2, 0) is 17.9 Å². The molecule has 0 saturated carbocycles. The standard InChI is InChI=1S/C26H32N4O2/c1-3-15-29-22-8-5-4-7-20(22)27-25(29)17-30-23-9-6-10-26(31)28-21(23)16-24(30)18-11-13-19(32-2)14-12-18/h4-5,7-8,11-14,21,23-24H,3,6,9-10,15-17H2,1-2H3,(H,28,31)/t21-,23+,24+/m0/s1. The Morgan fingerprint density at radius 3 is 2.75 bits per heavy atom. The van der Waals surface area contributed by atoms with Crippen LogP contribution in [0.4, 0.5) is 0 Å². The summed E-state index contributed by atoms with van der Waals surface area (Å²) in [4.78, 5) is 19.9. The maximum atomic E-state index is 12.3. The summed E-state index contributed by atoms with van der Waals surface area (Å²) in [6, 6.07) is 17.6. The van der Waals surface area contributed by atoms with Crippen molar-refractivity contribution in [2.75, 3.05) is 7.11 Å². The quantitative estimate of drug-likeness (QED) is 0.626. The van der Waals surface area contributed by atoms with E-state index >= 15 is 0 Å². The molecule has 3 heterocycles. The number of nitrogens with zero attached hydrogens (tertiary/aromatic N) is 3. The summed E-state index contributed by atoms with van der Waals surface area (Å²) in [5.41, 5.74) is 3.53. The van der Waals surface area contributed by atoms with Crippen molar-refractivity contribution in [3.8, 4) is 5.75 Å². The predicted molar refractivity (Wildman–Crippen MR) is 125 cm³/mol. The lowest BCUT2D eigenvalue weighted by Gasteiger charge is -2.31. The third kappa shape index (κ3) is 3.88. The Morgan fingerprint density at radius 2 is 1.97 bits per heavy atom. The highest BCUT2D eigenvalue weighted by molar-refractivity contribution is 5.77. The van der Waals surface area contributed by atoms with Crippen LogP contribution < -0.4 is 10.1 Å². The molecule has 6 nitrogen and oxygen atoms in total. The Balaban J connectivity index is 1.52. The number of aromatic nitrogens is 2. The third-order valence-electron chi connectivity index (χ3n) is 7.02. The van der Waals surface area contributed by atoms with E-state index in [0.717, 1.165) is 55.9 Å². The molecule has 0 radical (unpaired) electrons. The number of hydrogen-bond acceptors (Lipinski definition) is 4. The van der Waals surface area contributed by atoms with Crippen molar-refractivity contribution < 1.29 is 9.53 Å². The number of methoxy groups -OCH3 is 1. The fourth-order valence-electron chi connectivity index (χ4n) is 5.53. The van der Waals surface area contributed by atoms with Crippen molar-refractivity contribution in [2.45, 2.75) is 70.2 Å². The van der Waals surface area contributed by atoms with Crippen molar-refractivity contribution in [2.24, 2.45) is 0 Å². The molecule has 0 aliphatic carbocycles. The Hall–Kier alpha value is -2.86. The van der Waals surface area contributed by atoms with Gasteiger partial charge in [0, 0.05) is 31.1 Å². The zero-order chi connectivity index (χ0) is 22.1. The van der Waals surface area contributed by atoms with E-state index in [1.165, 1.54) is 11.1 Å². The number of amides is 1. The van der Waals surface area contributed by atoms with Gasteiger partial charge in [-0.3, -0.25) is 9.69 Å². The molecule has 3 atom stereocenters. The van der Waals surface area contributed by atoms with Crippen molar-refractivity contribution in [1.82, 2.24) is 19.8 Å². The first kappa shape index (κ1) is 21.0. The second kappa shape index (κ2) is 8.94. The van der Waals surface area contributed by atoms with Gasteiger partial charge in [-0.15, -0.1) is 0 Å². The van der Waals surface area contributed by atoms with E-state index in [2.05, 4.69) is 58.1 Å². The second-order valence-electron chi connectivity index (χ2n) is 9.00. The van der Waals surface area contributed by atoms with Crippen LogP contribution in [0.1, 0.15) is 56.5 Å². The Morgan fingerprint density at radius 1 is 1.16 bits per heavy atom. The summed E-state index contributed by atoms with van der Waals surface area (Å²) in [5.74, 6) is 2.17. The lowest BCUT2D eigenvalue weighted by atomic mass is 10.0. The molecule has 168 valence electrons. The van der Waals surface area contributed by atoms with Crippen molar-refractivity contribution in [1.29, 1.82) is 0 Å². The maximum absolute atomic E-state index is 12.3. The minimum atomic E-state index is 0.182. The Bertz CT molecular complexity index is 1090. The molecule has 2 saturated heterocycles.